The van der Waals surface area contributed by atoms with E-state index in [1.54, 1.807) is 13.2 Å². The van der Waals surface area contributed by atoms with Crippen LogP contribution in [0.4, 0.5) is 11.6 Å². The van der Waals surface area contributed by atoms with Gasteiger partial charge in [0.1, 0.15) is 17.5 Å². The van der Waals surface area contributed by atoms with Crippen molar-refractivity contribution in [3.05, 3.63) is 11.9 Å². The van der Waals surface area contributed by atoms with Crippen LogP contribution >= 0.6 is 0 Å². The molecule has 1 aromatic heterocycles. The summed E-state index contributed by atoms with van der Waals surface area (Å²) in [5.74, 6) is 7.82. The first-order chi connectivity index (χ1) is 8.17. The van der Waals surface area contributed by atoms with E-state index in [4.69, 9.17) is 10.6 Å². The van der Waals surface area contributed by atoms with Gasteiger partial charge in [-0.25, -0.2) is 15.8 Å². The molecule has 17 heavy (non-hydrogen) atoms. The fourth-order valence-electron chi connectivity index (χ4n) is 1.32. The lowest BCUT2D eigenvalue weighted by atomic mass is 10.2. The van der Waals surface area contributed by atoms with Gasteiger partial charge in [-0.3, -0.25) is 0 Å². The second-order valence-corrected chi connectivity index (χ2v) is 4.07. The number of aromatic nitrogens is 2. The van der Waals surface area contributed by atoms with Crippen molar-refractivity contribution in [2.45, 2.75) is 26.2 Å². The molecule has 0 radical (unpaired) electrons. The summed E-state index contributed by atoms with van der Waals surface area (Å²) >= 11 is 0. The van der Waals surface area contributed by atoms with E-state index >= 15 is 0 Å². The van der Waals surface area contributed by atoms with Crippen molar-refractivity contribution in [2.75, 3.05) is 31.0 Å². The first-order valence-corrected chi connectivity index (χ1v) is 5.75. The molecule has 0 aliphatic heterocycles. The number of anilines is 2. The van der Waals surface area contributed by atoms with E-state index in [-0.39, 0.29) is 5.92 Å². The van der Waals surface area contributed by atoms with Crippen LogP contribution in [0.1, 0.15) is 32.0 Å². The van der Waals surface area contributed by atoms with Gasteiger partial charge in [0.2, 0.25) is 0 Å². The number of nitrogens with zero attached hydrogens (tertiary/aromatic N) is 2. The average Bonchev–Trinajstić information content (AvgIpc) is 2.34. The Morgan fingerprint density at radius 2 is 2.06 bits per heavy atom. The van der Waals surface area contributed by atoms with Crippen molar-refractivity contribution in [3.8, 4) is 0 Å². The normalized spacial score (nSPS) is 10.6. The van der Waals surface area contributed by atoms with Gasteiger partial charge in [0, 0.05) is 32.2 Å². The van der Waals surface area contributed by atoms with E-state index in [0.29, 0.717) is 5.82 Å². The highest BCUT2D eigenvalue weighted by Crippen LogP contribution is 2.16. The van der Waals surface area contributed by atoms with Crippen LogP contribution in [0.5, 0.6) is 0 Å². The van der Waals surface area contributed by atoms with Gasteiger partial charge in [0.05, 0.1) is 0 Å². The number of nitrogens with two attached hydrogens (primary N) is 1. The summed E-state index contributed by atoms with van der Waals surface area (Å²) in [6, 6.07) is 1.79. The zero-order chi connectivity index (χ0) is 12.7. The molecular weight excluding hydrogens is 218 g/mol. The minimum absolute atomic E-state index is 0.267. The van der Waals surface area contributed by atoms with Crippen LogP contribution in [0, 0.1) is 0 Å². The van der Waals surface area contributed by atoms with Crippen molar-refractivity contribution in [2.24, 2.45) is 5.84 Å². The minimum atomic E-state index is 0.267. The molecule has 0 bridgehead atoms. The lowest BCUT2D eigenvalue weighted by Gasteiger charge is -2.11. The average molecular weight is 239 g/mol. The van der Waals surface area contributed by atoms with Crippen LogP contribution in [0.3, 0.4) is 0 Å². The smallest absolute Gasteiger partial charge is 0.145 e. The highest BCUT2D eigenvalue weighted by molar-refractivity contribution is 5.47. The van der Waals surface area contributed by atoms with Gasteiger partial charge in [-0.1, -0.05) is 13.8 Å². The van der Waals surface area contributed by atoms with Gasteiger partial charge in [0.25, 0.3) is 0 Å². The molecule has 0 aromatic carbocycles. The maximum absolute atomic E-state index is 5.38. The highest BCUT2D eigenvalue weighted by atomic mass is 16.5. The molecule has 96 valence electrons. The number of hydrogen-bond donors (Lipinski definition) is 3. The van der Waals surface area contributed by atoms with Crippen LogP contribution in [-0.2, 0) is 4.74 Å². The van der Waals surface area contributed by atoms with Gasteiger partial charge >= 0.3 is 0 Å². The van der Waals surface area contributed by atoms with Crippen molar-refractivity contribution in [1.29, 1.82) is 0 Å². The molecule has 4 N–H and O–H groups in total. The summed E-state index contributed by atoms with van der Waals surface area (Å²) in [6.45, 7) is 5.64. The number of hydrazine groups is 1. The predicted octanol–water partition coefficient (Wildman–Crippen LogP) is 1.33. The van der Waals surface area contributed by atoms with Gasteiger partial charge < -0.3 is 15.5 Å². The van der Waals surface area contributed by atoms with Gasteiger partial charge in [0.15, 0.2) is 0 Å². The number of ether oxygens (including phenoxy) is 1. The summed E-state index contributed by atoms with van der Waals surface area (Å²) in [5, 5.41) is 3.22. The third-order valence-corrected chi connectivity index (χ3v) is 2.24. The fourth-order valence-corrected chi connectivity index (χ4v) is 1.32. The number of rotatable bonds is 7. The molecule has 6 heteroatoms. The molecule has 0 saturated heterocycles. The van der Waals surface area contributed by atoms with Crippen LogP contribution in [0.2, 0.25) is 0 Å². The maximum atomic E-state index is 5.38. The third-order valence-electron chi connectivity index (χ3n) is 2.24. The molecule has 0 fully saturated rings. The van der Waals surface area contributed by atoms with Crippen LogP contribution in [-0.4, -0.2) is 30.2 Å². The van der Waals surface area contributed by atoms with Crippen LogP contribution < -0.4 is 16.6 Å². The maximum Gasteiger partial charge on any atom is 0.145 e. The number of hydrogen-bond acceptors (Lipinski definition) is 6. The molecule has 0 unspecified atom stereocenters. The molecule has 0 spiro atoms. The van der Waals surface area contributed by atoms with E-state index < -0.39 is 0 Å². The Bertz CT molecular complexity index is 343. The number of methoxy groups -OCH3 is 1. The zero-order valence-electron chi connectivity index (χ0n) is 10.7. The quantitative estimate of drug-likeness (QED) is 0.378. The second-order valence-electron chi connectivity index (χ2n) is 4.07. The van der Waals surface area contributed by atoms with Crippen LogP contribution in [0.25, 0.3) is 0 Å². The van der Waals surface area contributed by atoms with Crippen molar-refractivity contribution in [1.82, 2.24) is 9.97 Å². The SMILES string of the molecule is COCCCNc1cc(NN)nc(C(C)C)n1. The van der Waals surface area contributed by atoms with Gasteiger partial charge in [-0.2, -0.15) is 0 Å². The zero-order valence-corrected chi connectivity index (χ0v) is 10.7. The molecule has 1 heterocycles. The largest absolute Gasteiger partial charge is 0.385 e. The molecule has 1 aromatic rings. The molecule has 1 rings (SSSR count). The Labute approximate surface area is 102 Å². The standard InChI is InChI=1S/C11H21N5O/c1-8(2)11-14-9(7-10(15-11)16-12)13-5-4-6-17-3/h7-8H,4-6,12H2,1-3H3,(H2,13,14,15,16). The summed E-state index contributed by atoms with van der Waals surface area (Å²) in [6.07, 6.45) is 0.933. The summed E-state index contributed by atoms with van der Waals surface area (Å²) in [5.41, 5.74) is 2.55. The molecule has 6 nitrogen and oxygen atoms in total. The monoisotopic (exact) mass is 239 g/mol. The molecular formula is C11H21N5O. The predicted molar refractivity (Wildman–Crippen MR) is 68.9 cm³/mol. The van der Waals surface area contributed by atoms with E-state index in [2.05, 4.69) is 20.7 Å². The van der Waals surface area contributed by atoms with Gasteiger partial charge in [-0.05, 0) is 6.42 Å². The Hall–Kier alpha value is -1.40. The first-order valence-electron chi connectivity index (χ1n) is 5.75. The van der Waals surface area contributed by atoms with Crippen molar-refractivity contribution in [3.63, 3.8) is 0 Å². The van der Waals surface area contributed by atoms with Crippen molar-refractivity contribution < 1.29 is 4.74 Å². The molecule has 0 aliphatic rings. The highest BCUT2D eigenvalue weighted by Gasteiger charge is 2.07. The lowest BCUT2D eigenvalue weighted by Crippen LogP contribution is -2.13. The topological polar surface area (TPSA) is 85.1 Å². The third kappa shape index (κ3) is 4.54. The van der Waals surface area contributed by atoms with E-state index in [0.717, 1.165) is 31.2 Å². The summed E-state index contributed by atoms with van der Waals surface area (Å²) < 4.78 is 4.98. The Morgan fingerprint density at radius 3 is 2.65 bits per heavy atom. The van der Waals surface area contributed by atoms with E-state index in [1.165, 1.54) is 0 Å². The van der Waals surface area contributed by atoms with E-state index in [9.17, 15) is 0 Å². The Kier molecular flexibility index (Phi) is 5.65. The second kappa shape index (κ2) is 7.03. The molecule has 0 aliphatic carbocycles. The molecule has 0 amide bonds. The number of nitrogen functional groups attached to an aromatic ring is 1. The lowest BCUT2D eigenvalue weighted by molar-refractivity contribution is 0.197. The van der Waals surface area contributed by atoms with Crippen molar-refractivity contribution >= 4 is 11.6 Å². The van der Waals surface area contributed by atoms with Crippen LogP contribution in [0.15, 0.2) is 6.07 Å². The first kappa shape index (κ1) is 13.7. The molecule has 0 saturated carbocycles. The van der Waals surface area contributed by atoms with Gasteiger partial charge in [-0.15, -0.1) is 0 Å². The summed E-state index contributed by atoms with van der Waals surface area (Å²) in [7, 11) is 1.69. The Balaban J connectivity index is 2.66. The minimum Gasteiger partial charge on any atom is -0.385 e. The summed E-state index contributed by atoms with van der Waals surface area (Å²) in [4.78, 5) is 8.70. The van der Waals surface area contributed by atoms with E-state index in [1.807, 2.05) is 13.8 Å². The fraction of sp³-hybridized carbons (Fsp3) is 0.636. The number of nitrogens with one attached hydrogen (secondary N) is 2. The Morgan fingerprint density at radius 1 is 1.35 bits per heavy atom. The molecule has 0 atom stereocenters.